The number of pyridine rings is 1. The molecule has 0 spiro atoms. The molecule has 0 aliphatic carbocycles. The molecule has 18 heavy (non-hydrogen) atoms. The van der Waals surface area contributed by atoms with Crippen LogP contribution in [0.3, 0.4) is 0 Å². The molecule has 4 nitrogen and oxygen atoms in total. The second-order valence-electron chi connectivity index (χ2n) is 4.28. The van der Waals surface area contributed by atoms with Gasteiger partial charge in [0.1, 0.15) is 5.82 Å². The molecular weight excluding hydrogens is 224 g/mol. The van der Waals surface area contributed by atoms with Crippen LogP contribution in [0.5, 0.6) is 0 Å². The molecule has 2 aromatic heterocycles. The molecule has 3 aromatic rings. The van der Waals surface area contributed by atoms with E-state index >= 15 is 0 Å². The molecule has 90 valence electrons. The lowest BCUT2D eigenvalue weighted by molar-refractivity contribution is 0.728. The zero-order valence-electron chi connectivity index (χ0n) is 10.1. The van der Waals surface area contributed by atoms with Crippen LogP contribution in [0.4, 0.5) is 0 Å². The number of nitrogens with two attached hydrogens (primary N) is 1. The van der Waals surface area contributed by atoms with E-state index in [4.69, 9.17) is 5.73 Å². The second-order valence-corrected chi connectivity index (χ2v) is 4.28. The Bertz CT molecular complexity index is 673. The Morgan fingerprint density at radius 3 is 2.67 bits per heavy atom. The highest BCUT2D eigenvalue weighted by Gasteiger charge is 2.16. The molecule has 1 atom stereocenters. The third kappa shape index (κ3) is 1.67. The van der Waals surface area contributed by atoms with Crippen LogP contribution in [0, 0.1) is 0 Å². The van der Waals surface area contributed by atoms with Crippen molar-refractivity contribution in [3.05, 3.63) is 60.2 Å². The maximum atomic E-state index is 6.28. The van der Waals surface area contributed by atoms with Gasteiger partial charge in [-0.1, -0.05) is 30.3 Å². The van der Waals surface area contributed by atoms with Crippen molar-refractivity contribution in [1.82, 2.24) is 14.5 Å². The van der Waals surface area contributed by atoms with Gasteiger partial charge in [-0.2, -0.15) is 0 Å². The van der Waals surface area contributed by atoms with E-state index in [9.17, 15) is 0 Å². The van der Waals surface area contributed by atoms with Gasteiger partial charge in [-0.25, -0.2) is 4.98 Å². The van der Waals surface area contributed by atoms with Crippen LogP contribution in [-0.4, -0.2) is 14.5 Å². The number of hydrogen-bond acceptors (Lipinski definition) is 3. The summed E-state index contributed by atoms with van der Waals surface area (Å²) in [5.41, 5.74) is 9.26. The van der Waals surface area contributed by atoms with E-state index in [1.807, 2.05) is 54.2 Å². The zero-order valence-corrected chi connectivity index (χ0v) is 10.1. The Hall–Kier alpha value is -2.20. The van der Waals surface area contributed by atoms with Crippen LogP contribution in [-0.2, 0) is 7.05 Å². The number of rotatable bonds is 2. The molecule has 2 N–H and O–H groups in total. The molecule has 0 saturated carbocycles. The average molecular weight is 238 g/mol. The first kappa shape index (κ1) is 10.9. The van der Waals surface area contributed by atoms with Crippen LogP contribution in [0.25, 0.3) is 11.0 Å². The smallest absolute Gasteiger partial charge is 0.131 e. The summed E-state index contributed by atoms with van der Waals surface area (Å²) >= 11 is 0. The number of aryl methyl sites for hydroxylation is 1. The third-order valence-corrected chi connectivity index (χ3v) is 3.15. The van der Waals surface area contributed by atoms with Crippen molar-refractivity contribution in [1.29, 1.82) is 0 Å². The minimum atomic E-state index is -0.219. The molecule has 0 amide bonds. The molecule has 0 aliphatic heterocycles. The standard InChI is InChI=1S/C14H14N4/c1-18-12-9-16-8-7-11(12)17-14(18)13(15)10-5-3-2-4-6-10/h2-9,13H,15H2,1H3. The van der Waals surface area contributed by atoms with Crippen LogP contribution >= 0.6 is 0 Å². The number of hydrogen-bond donors (Lipinski definition) is 1. The summed E-state index contributed by atoms with van der Waals surface area (Å²) in [6.07, 6.45) is 3.55. The lowest BCUT2D eigenvalue weighted by Gasteiger charge is -2.11. The fraction of sp³-hybridized carbons (Fsp3) is 0.143. The summed E-state index contributed by atoms with van der Waals surface area (Å²) in [6, 6.07) is 11.7. The van der Waals surface area contributed by atoms with E-state index in [1.165, 1.54) is 0 Å². The number of imidazole rings is 1. The van der Waals surface area contributed by atoms with Crippen LogP contribution < -0.4 is 5.73 Å². The Morgan fingerprint density at radius 2 is 1.94 bits per heavy atom. The zero-order chi connectivity index (χ0) is 12.5. The largest absolute Gasteiger partial charge is 0.328 e. The maximum Gasteiger partial charge on any atom is 0.131 e. The van der Waals surface area contributed by atoms with E-state index in [1.54, 1.807) is 6.20 Å². The number of benzene rings is 1. The SMILES string of the molecule is Cn1c(C(N)c2ccccc2)nc2ccncc21. The molecule has 0 fully saturated rings. The topological polar surface area (TPSA) is 56.7 Å². The molecule has 3 rings (SSSR count). The van der Waals surface area contributed by atoms with E-state index in [2.05, 4.69) is 9.97 Å². The lowest BCUT2D eigenvalue weighted by atomic mass is 10.1. The molecule has 4 heteroatoms. The van der Waals surface area contributed by atoms with Gasteiger partial charge in [0, 0.05) is 13.2 Å². The van der Waals surface area contributed by atoms with Gasteiger partial charge >= 0.3 is 0 Å². The van der Waals surface area contributed by atoms with Gasteiger partial charge in [-0.15, -0.1) is 0 Å². The van der Waals surface area contributed by atoms with Crippen molar-refractivity contribution in [3.8, 4) is 0 Å². The minimum absolute atomic E-state index is 0.219. The van der Waals surface area contributed by atoms with Crippen molar-refractivity contribution >= 4 is 11.0 Å². The van der Waals surface area contributed by atoms with E-state index in [0.717, 1.165) is 22.4 Å². The van der Waals surface area contributed by atoms with Crippen molar-refractivity contribution in [2.75, 3.05) is 0 Å². The molecule has 0 radical (unpaired) electrons. The van der Waals surface area contributed by atoms with Gasteiger partial charge in [0.25, 0.3) is 0 Å². The third-order valence-electron chi connectivity index (χ3n) is 3.15. The first-order chi connectivity index (χ1) is 8.77. The van der Waals surface area contributed by atoms with Gasteiger partial charge in [0.15, 0.2) is 0 Å². The summed E-state index contributed by atoms with van der Waals surface area (Å²) in [4.78, 5) is 8.70. The Labute approximate surface area is 105 Å². The first-order valence-corrected chi connectivity index (χ1v) is 5.84. The predicted octanol–water partition coefficient (Wildman–Crippen LogP) is 2.02. The minimum Gasteiger partial charge on any atom is -0.328 e. The molecule has 1 aromatic carbocycles. The summed E-state index contributed by atoms with van der Waals surface area (Å²) in [7, 11) is 1.97. The summed E-state index contributed by atoms with van der Waals surface area (Å²) in [5.74, 6) is 0.851. The Balaban J connectivity index is 2.12. The Morgan fingerprint density at radius 1 is 1.17 bits per heavy atom. The Kier molecular flexibility index (Phi) is 2.57. The van der Waals surface area contributed by atoms with Crippen molar-refractivity contribution in [3.63, 3.8) is 0 Å². The van der Waals surface area contributed by atoms with E-state index in [0.29, 0.717) is 0 Å². The van der Waals surface area contributed by atoms with Crippen LogP contribution in [0.1, 0.15) is 17.4 Å². The van der Waals surface area contributed by atoms with Crippen molar-refractivity contribution in [2.45, 2.75) is 6.04 Å². The normalized spacial score (nSPS) is 12.8. The fourth-order valence-electron chi connectivity index (χ4n) is 2.14. The summed E-state index contributed by atoms with van der Waals surface area (Å²) in [5, 5.41) is 0. The van der Waals surface area contributed by atoms with Gasteiger partial charge in [-0.3, -0.25) is 4.98 Å². The predicted molar refractivity (Wildman–Crippen MR) is 71.0 cm³/mol. The van der Waals surface area contributed by atoms with Gasteiger partial charge in [0.2, 0.25) is 0 Å². The number of fused-ring (bicyclic) bond motifs is 1. The summed E-state index contributed by atoms with van der Waals surface area (Å²) < 4.78 is 2.00. The number of aromatic nitrogens is 3. The molecule has 0 bridgehead atoms. The highest BCUT2D eigenvalue weighted by atomic mass is 15.1. The quantitative estimate of drug-likeness (QED) is 0.743. The van der Waals surface area contributed by atoms with E-state index in [-0.39, 0.29) is 6.04 Å². The van der Waals surface area contributed by atoms with Crippen molar-refractivity contribution < 1.29 is 0 Å². The molecule has 0 saturated heterocycles. The molecule has 1 unspecified atom stereocenters. The van der Waals surface area contributed by atoms with Gasteiger partial charge < -0.3 is 10.3 Å². The highest BCUT2D eigenvalue weighted by molar-refractivity contribution is 5.74. The maximum absolute atomic E-state index is 6.28. The first-order valence-electron chi connectivity index (χ1n) is 5.84. The van der Waals surface area contributed by atoms with Gasteiger partial charge in [0.05, 0.1) is 23.3 Å². The molecule has 0 aliphatic rings. The molecule has 2 heterocycles. The lowest BCUT2D eigenvalue weighted by Crippen LogP contribution is -2.16. The van der Waals surface area contributed by atoms with Crippen LogP contribution in [0.15, 0.2) is 48.8 Å². The van der Waals surface area contributed by atoms with Gasteiger partial charge in [-0.05, 0) is 11.6 Å². The molecular formula is C14H14N4. The monoisotopic (exact) mass is 238 g/mol. The second kappa shape index (κ2) is 4.23. The van der Waals surface area contributed by atoms with Crippen LogP contribution in [0.2, 0.25) is 0 Å². The van der Waals surface area contributed by atoms with Crippen molar-refractivity contribution in [2.24, 2.45) is 12.8 Å². The fourth-order valence-corrected chi connectivity index (χ4v) is 2.14. The average Bonchev–Trinajstić information content (AvgIpc) is 2.77. The highest BCUT2D eigenvalue weighted by Crippen LogP contribution is 2.22. The van der Waals surface area contributed by atoms with E-state index < -0.39 is 0 Å². The number of nitrogens with zero attached hydrogens (tertiary/aromatic N) is 3. The summed E-state index contributed by atoms with van der Waals surface area (Å²) in [6.45, 7) is 0.